The molecule has 0 bridgehead atoms. The first-order valence-corrected chi connectivity index (χ1v) is 7.77. The van der Waals surface area contributed by atoms with Gasteiger partial charge in [-0.1, -0.05) is 38.1 Å². The average Bonchev–Trinajstić information content (AvgIpc) is 2.54. The zero-order valence-corrected chi connectivity index (χ0v) is 13.0. The average molecular weight is 300 g/mol. The Labute approximate surface area is 128 Å². The van der Waals surface area contributed by atoms with Gasteiger partial charge in [-0.25, -0.2) is 4.79 Å². The fraction of sp³-hybridized carbons (Fsp3) is 0.412. The van der Waals surface area contributed by atoms with E-state index in [0.29, 0.717) is 31.1 Å². The molecule has 1 aromatic heterocycles. The van der Waals surface area contributed by atoms with Gasteiger partial charge in [-0.3, -0.25) is 13.9 Å². The summed E-state index contributed by atoms with van der Waals surface area (Å²) in [6, 6.07) is 7.78. The van der Waals surface area contributed by atoms with Crippen molar-refractivity contribution in [3.8, 4) is 17.0 Å². The zero-order chi connectivity index (χ0) is 15.7. The van der Waals surface area contributed by atoms with Crippen LogP contribution in [0, 0.1) is 0 Å². The Hall–Kier alpha value is -2.30. The third kappa shape index (κ3) is 2.17. The first-order chi connectivity index (χ1) is 10.7. The molecule has 5 heteroatoms. The second kappa shape index (κ2) is 5.83. The van der Waals surface area contributed by atoms with Crippen LogP contribution in [0.4, 0.5) is 0 Å². The third-order valence-corrected chi connectivity index (χ3v) is 3.93. The molecule has 0 fully saturated rings. The Balaban J connectivity index is 2.37. The maximum atomic E-state index is 12.7. The molecule has 22 heavy (non-hydrogen) atoms. The SMILES string of the molecule is CCCn1c2c(c(=O)n(CCC)c1=O)OCc1ccccc1-2. The van der Waals surface area contributed by atoms with Crippen LogP contribution in [0.15, 0.2) is 33.9 Å². The summed E-state index contributed by atoms with van der Waals surface area (Å²) in [5.41, 5.74) is 2.00. The van der Waals surface area contributed by atoms with E-state index < -0.39 is 0 Å². The van der Waals surface area contributed by atoms with Crippen LogP contribution >= 0.6 is 0 Å². The first kappa shape index (κ1) is 14.6. The molecule has 5 nitrogen and oxygen atoms in total. The molecule has 0 aliphatic carbocycles. The van der Waals surface area contributed by atoms with E-state index in [2.05, 4.69) is 0 Å². The lowest BCUT2D eigenvalue weighted by molar-refractivity contribution is 0.287. The summed E-state index contributed by atoms with van der Waals surface area (Å²) in [4.78, 5) is 25.3. The minimum absolute atomic E-state index is 0.243. The van der Waals surface area contributed by atoms with E-state index in [9.17, 15) is 9.59 Å². The van der Waals surface area contributed by atoms with Crippen LogP contribution in [-0.2, 0) is 19.7 Å². The minimum atomic E-state index is -0.316. The van der Waals surface area contributed by atoms with Crippen LogP contribution in [0.2, 0.25) is 0 Å². The van der Waals surface area contributed by atoms with Gasteiger partial charge in [0.2, 0.25) is 5.75 Å². The maximum Gasteiger partial charge on any atom is 0.331 e. The van der Waals surface area contributed by atoms with E-state index in [1.54, 1.807) is 4.57 Å². The normalized spacial score (nSPS) is 12.5. The molecule has 2 aromatic rings. The number of nitrogens with zero attached hydrogens (tertiary/aromatic N) is 2. The highest BCUT2D eigenvalue weighted by Gasteiger charge is 2.26. The van der Waals surface area contributed by atoms with Crippen molar-refractivity contribution >= 4 is 0 Å². The van der Waals surface area contributed by atoms with Crippen LogP contribution in [0.1, 0.15) is 32.3 Å². The fourth-order valence-corrected chi connectivity index (χ4v) is 2.95. The van der Waals surface area contributed by atoms with E-state index in [1.807, 2.05) is 38.1 Å². The number of benzene rings is 1. The van der Waals surface area contributed by atoms with E-state index in [1.165, 1.54) is 4.57 Å². The van der Waals surface area contributed by atoms with E-state index in [0.717, 1.165) is 24.0 Å². The van der Waals surface area contributed by atoms with Gasteiger partial charge in [-0.2, -0.15) is 0 Å². The van der Waals surface area contributed by atoms with Crippen LogP contribution in [0.5, 0.6) is 5.75 Å². The van der Waals surface area contributed by atoms with Crippen LogP contribution in [0.25, 0.3) is 11.3 Å². The summed E-state index contributed by atoms with van der Waals surface area (Å²) in [6.45, 7) is 5.33. The Kier molecular flexibility index (Phi) is 3.88. The number of rotatable bonds is 4. The molecule has 1 aromatic carbocycles. The summed E-state index contributed by atoms with van der Waals surface area (Å²) in [5.74, 6) is 0.306. The zero-order valence-electron chi connectivity index (χ0n) is 13.0. The van der Waals surface area contributed by atoms with Gasteiger partial charge in [-0.05, 0) is 18.4 Å². The molecule has 0 N–H and O–H groups in total. The van der Waals surface area contributed by atoms with Gasteiger partial charge in [0.25, 0.3) is 5.56 Å². The van der Waals surface area contributed by atoms with Gasteiger partial charge in [-0.15, -0.1) is 0 Å². The number of hydrogen-bond acceptors (Lipinski definition) is 3. The lowest BCUT2D eigenvalue weighted by Gasteiger charge is -2.24. The topological polar surface area (TPSA) is 53.2 Å². The van der Waals surface area contributed by atoms with Crippen molar-refractivity contribution < 1.29 is 4.74 Å². The van der Waals surface area contributed by atoms with Crippen molar-refractivity contribution in [2.75, 3.05) is 0 Å². The monoisotopic (exact) mass is 300 g/mol. The summed E-state index contributed by atoms with van der Waals surface area (Å²) in [5, 5.41) is 0. The molecule has 0 saturated carbocycles. The summed E-state index contributed by atoms with van der Waals surface area (Å²) < 4.78 is 8.70. The fourth-order valence-electron chi connectivity index (χ4n) is 2.95. The van der Waals surface area contributed by atoms with Gasteiger partial charge in [0, 0.05) is 18.7 Å². The summed E-state index contributed by atoms with van der Waals surface area (Å²) in [6.07, 6.45) is 1.55. The second-order valence-electron chi connectivity index (χ2n) is 5.51. The number of aromatic nitrogens is 2. The lowest BCUT2D eigenvalue weighted by Crippen LogP contribution is -2.42. The Morgan fingerprint density at radius 2 is 1.73 bits per heavy atom. The highest BCUT2D eigenvalue weighted by atomic mass is 16.5. The van der Waals surface area contributed by atoms with Crippen molar-refractivity contribution in [2.45, 2.75) is 46.4 Å². The molecule has 3 rings (SSSR count). The molecule has 0 unspecified atom stereocenters. The molecule has 0 amide bonds. The van der Waals surface area contributed by atoms with E-state index in [-0.39, 0.29) is 11.2 Å². The highest BCUT2D eigenvalue weighted by Crippen LogP contribution is 2.34. The standard InChI is InChI=1S/C17H20N2O3/c1-3-9-18-14-13-8-6-5-7-12(13)11-22-15(14)16(20)19(10-4-2)17(18)21/h5-8H,3-4,9-11H2,1-2H3. The molecule has 116 valence electrons. The first-order valence-electron chi connectivity index (χ1n) is 7.77. The van der Waals surface area contributed by atoms with Gasteiger partial charge in [0.05, 0.1) is 0 Å². The van der Waals surface area contributed by atoms with Crippen molar-refractivity contribution in [1.29, 1.82) is 0 Å². The number of ether oxygens (including phenoxy) is 1. The van der Waals surface area contributed by atoms with Crippen LogP contribution in [-0.4, -0.2) is 9.13 Å². The molecule has 0 spiro atoms. The molecule has 0 saturated heterocycles. The van der Waals surface area contributed by atoms with Gasteiger partial charge in [0.15, 0.2) is 0 Å². The summed E-state index contributed by atoms with van der Waals surface area (Å²) in [7, 11) is 0. The summed E-state index contributed by atoms with van der Waals surface area (Å²) >= 11 is 0. The lowest BCUT2D eigenvalue weighted by atomic mass is 10.0. The number of hydrogen-bond donors (Lipinski definition) is 0. The van der Waals surface area contributed by atoms with E-state index in [4.69, 9.17) is 4.74 Å². The smallest absolute Gasteiger partial charge is 0.331 e. The van der Waals surface area contributed by atoms with Gasteiger partial charge < -0.3 is 4.74 Å². The van der Waals surface area contributed by atoms with Crippen LogP contribution in [0.3, 0.4) is 0 Å². The van der Waals surface area contributed by atoms with Crippen molar-refractivity contribution in [1.82, 2.24) is 9.13 Å². The third-order valence-electron chi connectivity index (χ3n) is 3.93. The van der Waals surface area contributed by atoms with Crippen LogP contribution < -0.4 is 16.0 Å². The Morgan fingerprint density at radius 3 is 2.45 bits per heavy atom. The molecule has 0 radical (unpaired) electrons. The quantitative estimate of drug-likeness (QED) is 0.871. The Bertz CT molecular complexity index is 818. The molecule has 2 heterocycles. The predicted octanol–water partition coefficient (Wildman–Crippen LogP) is 2.39. The van der Waals surface area contributed by atoms with E-state index >= 15 is 0 Å². The van der Waals surface area contributed by atoms with Crippen molar-refractivity contribution in [3.05, 3.63) is 50.7 Å². The number of fused-ring (bicyclic) bond motifs is 3. The van der Waals surface area contributed by atoms with Gasteiger partial charge in [0.1, 0.15) is 12.3 Å². The minimum Gasteiger partial charge on any atom is -0.481 e. The second-order valence-corrected chi connectivity index (χ2v) is 5.51. The molecular formula is C17H20N2O3. The molecule has 1 aliphatic rings. The maximum absolute atomic E-state index is 12.7. The molecule has 0 atom stereocenters. The van der Waals surface area contributed by atoms with Gasteiger partial charge >= 0.3 is 5.69 Å². The van der Waals surface area contributed by atoms with Crippen molar-refractivity contribution in [3.63, 3.8) is 0 Å². The largest absolute Gasteiger partial charge is 0.481 e. The molecular weight excluding hydrogens is 280 g/mol. The predicted molar refractivity (Wildman–Crippen MR) is 85.3 cm³/mol. The Morgan fingerprint density at radius 1 is 1.05 bits per heavy atom. The highest BCUT2D eigenvalue weighted by molar-refractivity contribution is 5.71. The van der Waals surface area contributed by atoms with Crippen molar-refractivity contribution in [2.24, 2.45) is 0 Å². The molecule has 1 aliphatic heterocycles.